The lowest BCUT2D eigenvalue weighted by molar-refractivity contribution is -0.117. The molecule has 3 heterocycles. The van der Waals surface area contributed by atoms with Crippen LogP contribution >= 0.6 is 0 Å². The molecule has 9 heteroatoms. The lowest BCUT2D eigenvalue weighted by Gasteiger charge is -2.14. The third-order valence-corrected chi connectivity index (χ3v) is 6.64. The highest BCUT2D eigenvalue weighted by Gasteiger charge is 2.20. The second-order valence-corrected chi connectivity index (χ2v) is 9.89. The van der Waals surface area contributed by atoms with Crippen LogP contribution in [-0.2, 0) is 27.5 Å². The number of fused-ring (bicyclic) bond motifs is 7. The van der Waals surface area contributed by atoms with Crippen LogP contribution in [0.1, 0.15) is 17.5 Å². The summed E-state index contributed by atoms with van der Waals surface area (Å²) in [4.78, 5) is 23.7. The van der Waals surface area contributed by atoms with E-state index < -0.39 is 0 Å². The highest BCUT2D eigenvalue weighted by molar-refractivity contribution is 5.87. The predicted octanol–water partition coefficient (Wildman–Crippen LogP) is 4.25. The van der Waals surface area contributed by atoms with Gasteiger partial charge in [-0.05, 0) is 61.5 Å². The van der Waals surface area contributed by atoms with Crippen LogP contribution in [-0.4, -0.2) is 66.8 Å². The first-order chi connectivity index (χ1) is 19.6. The average Bonchev–Trinajstić information content (AvgIpc) is 3.37. The summed E-state index contributed by atoms with van der Waals surface area (Å²) in [5.41, 5.74) is 4.53. The molecule has 1 fully saturated rings. The molecule has 9 nitrogen and oxygen atoms in total. The molecule has 1 saturated heterocycles. The van der Waals surface area contributed by atoms with E-state index in [0.29, 0.717) is 43.8 Å². The van der Waals surface area contributed by atoms with Crippen molar-refractivity contribution >= 4 is 17.5 Å². The van der Waals surface area contributed by atoms with Crippen molar-refractivity contribution in [3.8, 4) is 17.0 Å². The molecule has 40 heavy (non-hydrogen) atoms. The highest BCUT2D eigenvalue weighted by atomic mass is 16.5. The van der Waals surface area contributed by atoms with E-state index in [9.17, 15) is 4.79 Å². The molecule has 0 saturated carbocycles. The Morgan fingerprint density at radius 2 is 1.95 bits per heavy atom. The van der Waals surface area contributed by atoms with Gasteiger partial charge in [-0.2, -0.15) is 0 Å². The zero-order valence-corrected chi connectivity index (χ0v) is 22.7. The number of hydrogen-bond donors (Lipinski definition) is 2. The number of rotatable bonds is 5. The van der Waals surface area contributed by atoms with Crippen LogP contribution in [0, 0.1) is 0 Å². The second kappa shape index (κ2) is 13.8. The summed E-state index contributed by atoms with van der Waals surface area (Å²) in [5, 5.41) is 6.36. The minimum absolute atomic E-state index is 0.107. The Labute approximate surface area is 234 Å². The van der Waals surface area contributed by atoms with Gasteiger partial charge < -0.3 is 29.7 Å². The Kier molecular flexibility index (Phi) is 9.52. The maximum absolute atomic E-state index is 12.3. The van der Waals surface area contributed by atoms with Crippen LogP contribution in [0.2, 0.25) is 0 Å². The zero-order chi connectivity index (χ0) is 27.6. The molecule has 2 aliphatic rings. The Hall–Kier alpha value is -4.05. The van der Waals surface area contributed by atoms with E-state index in [4.69, 9.17) is 19.2 Å². The van der Waals surface area contributed by atoms with E-state index in [1.54, 1.807) is 12.3 Å². The average molecular weight is 542 g/mol. The van der Waals surface area contributed by atoms with E-state index in [1.165, 1.54) is 6.08 Å². The third kappa shape index (κ3) is 7.98. The summed E-state index contributed by atoms with van der Waals surface area (Å²) in [6.07, 6.45) is 9.88. The monoisotopic (exact) mass is 541 g/mol. The molecule has 2 aliphatic heterocycles. The van der Waals surface area contributed by atoms with Gasteiger partial charge in [0.1, 0.15) is 12.4 Å². The smallest absolute Gasteiger partial charge is 0.244 e. The number of nitrogens with zero attached hydrogens (tertiary/aromatic N) is 3. The number of benzene rings is 2. The van der Waals surface area contributed by atoms with Crippen molar-refractivity contribution in [3.05, 3.63) is 90.2 Å². The Morgan fingerprint density at radius 1 is 1.12 bits per heavy atom. The number of amides is 1. The minimum atomic E-state index is -0.107. The SMILES string of the molecule is CN1CCC(NC(=O)/C=C/COc2ccc3cc2Nc2nccc(n2)-c2cccc(c2)COC/C=C/COC3)C1. The van der Waals surface area contributed by atoms with E-state index >= 15 is 0 Å². The molecule has 3 aromatic rings. The van der Waals surface area contributed by atoms with Crippen molar-refractivity contribution in [2.45, 2.75) is 25.7 Å². The van der Waals surface area contributed by atoms with E-state index in [-0.39, 0.29) is 18.6 Å². The van der Waals surface area contributed by atoms with Crippen molar-refractivity contribution in [1.29, 1.82) is 0 Å². The first kappa shape index (κ1) is 27.5. The summed E-state index contributed by atoms with van der Waals surface area (Å²) in [5.74, 6) is 0.959. The van der Waals surface area contributed by atoms with Crippen LogP contribution in [0.3, 0.4) is 0 Å². The molecule has 208 valence electrons. The van der Waals surface area contributed by atoms with E-state index in [0.717, 1.165) is 41.9 Å². The first-order valence-electron chi connectivity index (χ1n) is 13.5. The normalized spacial score (nSPS) is 18.9. The number of carbonyl (C=O) groups is 1. The quantitative estimate of drug-likeness (QED) is 0.366. The molecule has 1 amide bonds. The number of anilines is 2. The predicted molar refractivity (Wildman–Crippen MR) is 154 cm³/mol. The van der Waals surface area contributed by atoms with Crippen molar-refractivity contribution in [1.82, 2.24) is 20.2 Å². The molecular weight excluding hydrogens is 506 g/mol. The lowest BCUT2D eigenvalue weighted by atomic mass is 10.1. The fraction of sp³-hybridized carbons (Fsp3) is 0.323. The van der Waals surface area contributed by atoms with Gasteiger partial charge in [0.25, 0.3) is 0 Å². The van der Waals surface area contributed by atoms with Crippen molar-refractivity contribution in [2.75, 3.05) is 45.3 Å². The van der Waals surface area contributed by atoms with Crippen molar-refractivity contribution in [3.63, 3.8) is 0 Å². The molecule has 1 atom stereocenters. The fourth-order valence-corrected chi connectivity index (χ4v) is 4.63. The van der Waals surface area contributed by atoms with Crippen LogP contribution in [0.5, 0.6) is 5.75 Å². The summed E-state index contributed by atoms with van der Waals surface area (Å²) >= 11 is 0. The van der Waals surface area contributed by atoms with Crippen LogP contribution < -0.4 is 15.4 Å². The summed E-state index contributed by atoms with van der Waals surface area (Å²) < 4.78 is 17.6. The standard InChI is InChI=1S/C31H35N5O4/c1-36-14-12-26(20-36)33-30(37)8-5-17-40-29-10-9-24-19-28(29)35-31-32-13-11-27(34-31)25-7-4-6-23(18-25)21-38-15-2-3-16-39-22-24/h2-11,13,18-19,26H,12,14-17,20-22H2,1H3,(H,33,37)(H,32,34,35)/b3-2+,8-5+. The maximum Gasteiger partial charge on any atom is 0.244 e. The molecule has 1 aromatic heterocycles. The van der Waals surface area contributed by atoms with Gasteiger partial charge in [-0.3, -0.25) is 4.79 Å². The van der Waals surface area contributed by atoms with Crippen molar-refractivity contribution < 1.29 is 19.0 Å². The van der Waals surface area contributed by atoms with Gasteiger partial charge in [0, 0.05) is 30.4 Å². The fourth-order valence-electron chi connectivity index (χ4n) is 4.63. The van der Waals surface area contributed by atoms with Crippen molar-refractivity contribution in [2.24, 2.45) is 0 Å². The largest absolute Gasteiger partial charge is 0.487 e. The minimum Gasteiger partial charge on any atom is -0.487 e. The van der Waals surface area contributed by atoms with Gasteiger partial charge >= 0.3 is 0 Å². The lowest BCUT2D eigenvalue weighted by Crippen LogP contribution is -2.35. The van der Waals surface area contributed by atoms with Gasteiger partial charge in [0.2, 0.25) is 11.9 Å². The van der Waals surface area contributed by atoms with Gasteiger partial charge in [-0.15, -0.1) is 0 Å². The molecule has 0 radical (unpaired) electrons. The van der Waals surface area contributed by atoms with Crippen LogP contribution in [0.25, 0.3) is 11.3 Å². The van der Waals surface area contributed by atoms with Gasteiger partial charge in [0.05, 0.1) is 37.8 Å². The first-order valence-corrected chi connectivity index (χ1v) is 13.5. The molecule has 1 unspecified atom stereocenters. The topological polar surface area (TPSA) is 97.8 Å². The number of aromatic nitrogens is 2. The van der Waals surface area contributed by atoms with Crippen LogP contribution in [0.15, 0.2) is 79.0 Å². The number of hydrogen-bond acceptors (Lipinski definition) is 8. The highest BCUT2D eigenvalue weighted by Crippen LogP contribution is 2.29. The van der Waals surface area contributed by atoms with E-state index in [1.807, 2.05) is 54.6 Å². The number of ether oxygens (including phenoxy) is 3. The molecule has 2 N–H and O–H groups in total. The number of likely N-dealkylation sites (tertiary alicyclic amines) is 1. The number of nitrogens with one attached hydrogen (secondary N) is 2. The Balaban J connectivity index is 1.32. The van der Waals surface area contributed by atoms with Gasteiger partial charge in [-0.25, -0.2) is 9.97 Å². The molecule has 0 spiro atoms. The Bertz CT molecular complexity index is 1360. The number of carbonyl (C=O) groups excluding carboxylic acids is 1. The molecule has 6 bridgehead atoms. The maximum atomic E-state index is 12.3. The van der Waals surface area contributed by atoms with Gasteiger partial charge in [-0.1, -0.05) is 36.4 Å². The third-order valence-electron chi connectivity index (χ3n) is 6.64. The van der Waals surface area contributed by atoms with Gasteiger partial charge in [0.15, 0.2) is 0 Å². The van der Waals surface area contributed by atoms with E-state index in [2.05, 4.69) is 33.6 Å². The summed E-state index contributed by atoms with van der Waals surface area (Å²) in [7, 11) is 2.06. The number of likely N-dealkylation sites (N-methyl/N-ethyl adjacent to an activating group) is 1. The summed E-state index contributed by atoms with van der Waals surface area (Å²) in [6.45, 7) is 4.05. The molecule has 0 aliphatic carbocycles. The Morgan fingerprint density at radius 3 is 2.75 bits per heavy atom. The second-order valence-electron chi connectivity index (χ2n) is 9.89. The zero-order valence-electron chi connectivity index (χ0n) is 22.7. The summed E-state index contributed by atoms with van der Waals surface area (Å²) in [6, 6.07) is 16.0. The molecule has 5 rings (SSSR count). The molecular formula is C31H35N5O4. The molecule has 2 aromatic carbocycles. The van der Waals surface area contributed by atoms with Crippen LogP contribution in [0.4, 0.5) is 11.6 Å².